The van der Waals surface area contributed by atoms with Crippen LogP contribution in [0.4, 0.5) is 28.7 Å². The molecule has 0 saturated carbocycles. The Morgan fingerprint density at radius 1 is 1.00 bits per heavy atom. The SMILES string of the molecule is CC(C)c1ccc(Nc2ncnc(NNC(=O)c3ccc(Cl)c([N+](=O)[O-])c3)c2[N+](=O)[O-])cc1. The van der Waals surface area contributed by atoms with E-state index in [4.69, 9.17) is 11.6 Å². The molecule has 0 aliphatic carbocycles. The maximum absolute atomic E-state index is 12.4. The molecule has 3 N–H and O–H groups in total. The molecule has 0 saturated heterocycles. The zero-order chi connectivity index (χ0) is 24.1. The second-order valence-electron chi connectivity index (χ2n) is 7.08. The van der Waals surface area contributed by atoms with Crippen LogP contribution in [-0.2, 0) is 0 Å². The monoisotopic (exact) mass is 471 g/mol. The van der Waals surface area contributed by atoms with Crippen molar-refractivity contribution < 1.29 is 14.6 Å². The first-order chi connectivity index (χ1) is 15.7. The van der Waals surface area contributed by atoms with E-state index in [1.165, 1.54) is 12.1 Å². The molecule has 1 amide bonds. The van der Waals surface area contributed by atoms with Crippen molar-refractivity contribution in [3.8, 4) is 0 Å². The lowest BCUT2D eigenvalue weighted by molar-refractivity contribution is -0.384. The van der Waals surface area contributed by atoms with Gasteiger partial charge < -0.3 is 5.32 Å². The quantitative estimate of drug-likeness (QED) is 0.315. The highest BCUT2D eigenvalue weighted by atomic mass is 35.5. The summed E-state index contributed by atoms with van der Waals surface area (Å²) in [7, 11) is 0. The van der Waals surface area contributed by atoms with Crippen LogP contribution < -0.4 is 16.2 Å². The molecule has 12 nitrogen and oxygen atoms in total. The molecule has 0 fully saturated rings. The Kier molecular flexibility index (Phi) is 6.98. The fourth-order valence-electron chi connectivity index (χ4n) is 2.80. The minimum Gasteiger partial charge on any atom is -0.334 e. The number of carbonyl (C=O) groups excluding carboxylic acids is 1. The Balaban J connectivity index is 1.81. The maximum atomic E-state index is 12.4. The minimum absolute atomic E-state index is 0.0844. The number of aromatic nitrogens is 2. The Labute approximate surface area is 192 Å². The number of amides is 1. The molecule has 13 heteroatoms. The van der Waals surface area contributed by atoms with Gasteiger partial charge in [-0.2, -0.15) is 0 Å². The molecule has 1 heterocycles. The highest BCUT2D eigenvalue weighted by Crippen LogP contribution is 2.31. The van der Waals surface area contributed by atoms with E-state index in [0.717, 1.165) is 18.0 Å². The third-order valence-electron chi connectivity index (χ3n) is 4.54. The van der Waals surface area contributed by atoms with Crippen LogP contribution >= 0.6 is 11.6 Å². The van der Waals surface area contributed by atoms with Crippen LogP contribution in [0.2, 0.25) is 5.02 Å². The van der Waals surface area contributed by atoms with Crippen LogP contribution in [0.15, 0.2) is 48.8 Å². The Morgan fingerprint density at radius 3 is 2.27 bits per heavy atom. The number of halogens is 1. The predicted octanol–water partition coefficient (Wildman–Crippen LogP) is 4.57. The molecule has 170 valence electrons. The van der Waals surface area contributed by atoms with Gasteiger partial charge in [0.25, 0.3) is 11.6 Å². The predicted molar refractivity (Wildman–Crippen MR) is 122 cm³/mol. The maximum Gasteiger partial charge on any atom is 0.355 e. The summed E-state index contributed by atoms with van der Waals surface area (Å²) in [6, 6.07) is 10.8. The topological polar surface area (TPSA) is 165 Å². The molecule has 0 aliphatic rings. The van der Waals surface area contributed by atoms with Gasteiger partial charge in [-0.3, -0.25) is 35.9 Å². The summed E-state index contributed by atoms with van der Waals surface area (Å²) in [4.78, 5) is 41.4. The zero-order valence-electron chi connectivity index (χ0n) is 17.4. The van der Waals surface area contributed by atoms with Gasteiger partial charge in [0.1, 0.15) is 11.3 Å². The number of nitro groups is 2. The van der Waals surface area contributed by atoms with Crippen molar-refractivity contribution in [1.82, 2.24) is 15.4 Å². The van der Waals surface area contributed by atoms with E-state index in [1.807, 2.05) is 26.0 Å². The smallest absolute Gasteiger partial charge is 0.334 e. The Morgan fingerprint density at radius 2 is 1.67 bits per heavy atom. The van der Waals surface area contributed by atoms with Crippen molar-refractivity contribution >= 4 is 46.2 Å². The van der Waals surface area contributed by atoms with Crippen molar-refractivity contribution in [2.24, 2.45) is 0 Å². The summed E-state index contributed by atoms with van der Waals surface area (Å²) in [5.74, 6) is -0.838. The first kappa shape index (κ1) is 23.3. The number of nitro benzene ring substituents is 1. The summed E-state index contributed by atoms with van der Waals surface area (Å²) < 4.78 is 0. The third kappa shape index (κ3) is 5.49. The van der Waals surface area contributed by atoms with E-state index < -0.39 is 27.1 Å². The van der Waals surface area contributed by atoms with E-state index in [-0.39, 0.29) is 22.2 Å². The van der Waals surface area contributed by atoms with Crippen LogP contribution in [0.5, 0.6) is 0 Å². The number of hydrogen-bond donors (Lipinski definition) is 3. The van der Waals surface area contributed by atoms with Crippen molar-refractivity contribution in [2.45, 2.75) is 19.8 Å². The number of rotatable bonds is 8. The van der Waals surface area contributed by atoms with Crippen LogP contribution in [0.3, 0.4) is 0 Å². The number of hydrogen-bond acceptors (Lipinski definition) is 9. The molecule has 0 spiro atoms. The highest BCUT2D eigenvalue weighted by Gasteiger charge is 2.24. The summed E-state index contributed by atoms with van der Waals surface area (Å²) >= 11 is 5.74. The van der Waals surface area contributed by atoms with E-state index in [0.29, 0.717) is 11.6 Å². The molecule has 0 atom stereocenters. The molecular weight excluding hydrogens is 454 g/mol. The molecule has 0 unspecified atom stereocenters. The molecule has 3 rings (SSSR count). The number of benzene rings is 2. The largest absolute Gasteiger partial charge is 0.355 e. The summed E-state index contributed by atoms with van der Waals surface area (Å²) in [6.45, 7) is 4.10. The molecule has 3 aromatic rings. The summed E-state index contributed by atoms with van der Waals surface area (Å²) in [6.07, 6.45) is 1.08. The molecule has 0 aliphatic heterocycles. The fourth-order valence-corrected chi connectivity index (χ4v) is 2.99. The van der Waals surface area contributed by atoms with E-state index in [1.54, 1.807) is 12.1 Å². The molecule has 1 aromatic heterocycles. The van der Waals surface area contributed by atoms with Gasteiger partial charge in [-0.25, -0.2) is 9.97 Å². The lowest BCUT2D eigenvalue weighted by Gasteiger charge is -2.12. The average molecular weight is 472 g/mol. The van der Waals surface area contributed by atoms with Crippen molar-refractivity contribution in [3.05, 3.63) is 85.2 Å². The number of nitrogens with zero attached hydrogens (tertiary/aromatic N) is 4. The second kappa shape index (κ2) is 9.87. The van der Waals surface area contributed by atoms with Gasteiger partial charge in [0, 0.05) is 17.3 Å². The lowest BCUT2D eigenvalue weighted by atomic mass is 10.0. The third-order valence-corrected chi connectivity index (χ3v) is 4.86. The standard InChI is InChI=1S/C20H18ClN7O5/c1-11(2)12-3-6-14(7-4-12)24-18-17(28(32)33)19(23-10-22-18)25-26-20(29)13-5-8-15(21)16(9-13)27(30)31/h3-11H,1-2H3,(H,26,29)(H2,22,23,24,25). The molecule has 0 radical (unpaired) electrons. The van der Waals surface area contributed by atoms with Crippen LogP contribution in [0.1, 0.15) is 35.7 Å². The number of carbonyl (C=O) groups is 1. The summed E-state index contributed by atoms with van der Waals surface area (Å²) in [5.41, 5.74) is 5.23. The first-order valence-electron chi connectivity index (χ1n) is 9.54. The second-order valence-corrected chi connectivity index (χ2v) is 7.49. The number of anilines is 3. The normalized spacial score (nSPS) is 10.5. The lowest BCUT2D eigenvalue weighted by Crippen LogP contribution is -2.30. The fraction of sp³-hybridized carbons (Fsp3) is 0.150. The van der Waals surface area contributed by atoms with E-state index in [9.17, 15) is 25.0 Å². The van der Waals surface area contributed by atoms with E-state index >= 15 is 0 Å². The van der Waals surface area contributed by atoms with Crippen LogP contribution in [0, 0.1) is 20.2 Å². The highest BCUT2D eigenvalue weighted by molar-refractivity contribution is 6.32. The van der Waals surface area contributed by atoms with Gasteiger partial charge in [0.15, 0.2) is 0 Å². The number of nitrogens with one attached hydrogen (secondary N) is 3. The summed E-state index contributed by atoms with van der Waals surface area (Å²) in [5, 5.41) is 25.4. The van der Waals surface area contributed by atoms with Crippen molar-refractivity contribution in [3.63, 3.8) is 0 Å². The van der Waals surface area contributed by atoms with Gasteiger partial charge in [-0.1, -0.05) is 37.6 Å². The van der Waals surface area contributed by atoms with Gasteiger partial charge in [-0.05, 0) is 35.7 Å². The van der Waals surface area contributed by atoms with Gasteiger partial charge in [0.05, 0.1) is 9.85 Å². The van der Waals surface area contributed by atoms with E-state index in [2.05, 4.69) is 26.1 Å². The van der Waals surface area contributed by atoms with Gasteiger partial charge in [-0.15, -0.1) is 0 Å². The van der Waals surface area contributed by atoms with Gasteiger partial charge >= 0.3 is 5.69 Å². The van der Waals surface area contributed by atoms with Crippen LogP contribution in [-0.4, -0.2) is 25.7 Å². The molecule has 0 bridgehead atoms. The Hall–Kier alpha value is -4.32. The Bertz CT molecular complexity index is 1220. The van der Waals surface area contributed by atoms with Crippen molar-refractivity contribution in [2.75, 3.05) is 10.7 Å². The zero-order valence-corrected chi connectivity index (χ0v) is 18.2. The molecule has 2 aromatic carbocycles. The van der Waals surface area contributed by atoms with Gasteiger partial charge in [0.2, 0.25) is 11.6 Å². The van der Waals surface area contributed by atoms with Crippen LogP contribution in [0.25, 0.3) is 0 Å². The van der Waals surface area contributed by atoms with Crippen molar-refractivity contribution in [1.29, 1.82) is 0 Å². The molecule has 33 heavy (non-hydrogen) atoms. The average Bonchev–Trinajstić information content (AvgIpc) is 2.77. The minimum atomic E-state index is -0.790. The molecular formula is C20H18ClN7O5. The number of hydrazine groups is 1. The first-order valence-corrected chi connectivity index (χ1v) is 9.91.